The van der Waals surface area contributed by atoms with Crippen LogP contribution in [0.15, 0.2) is 42.5 Å². The van der Waals surface area contributed by atoms with E-state index in [-0.39, 0.29) is 11.9 Å². The molecule has 0 bridgehead atoms. The molecule has 0 aromatic heterocycles. The lowest BCUT2D eigenvalue weighted by molar-refractivity contribution is 0.469. The monoisotopic (exact) mass is 287 g/mol. The maximum absolute atomic E-state index is 13.3. The largest absolute Gasteiger partial charge is 0.457 e. The Kier molecular flexibility index (Phi) is 5.34. The molecule has 2 N–H and O–H groups in total. The van der Waals surface area contributed by atoms with Crippen LogP contribution in [-0.4, -0.2) is 0 Å². The number of aryl methyl sites for hydroxylation is 1. The highest BCUT2D eigenvalue weighted by Gasteiger charge is 2.10. The molecule has 2 aromatic rings. The predicted molar refractivity (Wildman–Crippen MR) is 84.1 cm³/mol. The fourth-order valence-electron chi connectivity index (χ4n) is 2.20. The molecule has 2 aromatic carbocycles. The Balaban J connectivity index is 2.14. The van der Waals surface area contributed by atoms with Crippen molar-refractivity contribution >= 4 is 0 Å². The summed E-state index contributed by atoms with van der Waals surface area (Å²) in [5.74, 6) is 1.04. The van der Waals surface area contributed by atoms with E-state index >= 15 is 0 Å². The molecule has 0 aliphatic rings. The number of hydrogen-bond acceptors (Lipinski definition) is 2. The van der Waals surface area contributed by atoms with Gasteiger partial charge in [-0.2, -0.15) is 0 Å². The number of unbranched alkanes of at least 4 members (excludes halogenated alkanes) is 1. The highest BCUT2D eigenvalue weighted by molar-refractivity contribution is 5.40. The van der Waals surface area contributed by atoms with E-state index in [1.54, 1.807) is 6.07 Å². The van der Waals surface area contributed by atoms with Crippen LogP contribution in [0.3, 0.4) is 0 Å². The van der Waals surface area contributed by atoms with Gasteiger partial charge in [-0.25, -0.2) is 4.39 Å². The van der Waals surface area contributed by atoms with Gasteiger partial charge in [-0.3, -0.25) is 0 Å². The van der Waals surface area contributed by atoms with E-state index < -0.39 is 0 Å². The normalized spacial score (nSPS) is 12.2. The molecule has 0 spiro atoms. The summed E-state index contributed by atoms with van der Waals surface area (Å²) in [6, 6.07) is 12.2. The van der Waals surface area contributed by atoms with E-state index in [9.17, 15) is 4.39 Å². The highest BCUT2D eigenvalue weighted by Crippen LogP contribution is 2.29. The van der Waals surface area contributed by atoms with E-state index in [1.807, 2.05) is 19.1 Å². The van der Waals surface area contributed by atoms with E-state index in [4.69, 9.17) is 10.5 Å². The van der Waals surface area contributed by atoms with Gasteiger partial charge < -0.3 is 10.5 Å². The zero-order valence-electron chi connectivity index (χ0n) is 12.6. The first-order chi connectivity index (χ1) is 10.1. The summed E-state index contributed by atoms with van der Waals surface area (Å²) in [5.41, 5.74) is 7.84. The lowest BCUT2D eigenvalue weighted by atomic mass is 10.1. The summed E-state index contributed by atoms with van der Waals surface area (Å²) in [7, 11) is 0. The van der Waals surface area contributed by atoms with Crippen LogP contribution in [0, 0.1) is 5.82 Å². The average Bonchev–Trinajstić information content (AvgIpc) is 2.48. The molecule has 0 aliphatic carbocycles. The molecule has 0 saturated carbocycles. The molecule has 21 heavy (non-hydrogen) atoms. The summed E-state index contributed by atoms with van der Waals surface area (Å²) < 4.78 is 19.1. The molecule has 112 valence electrons. The van der Waals surface area contributed by atoms with Gasteiger partial charge in [-0.15, -0.1) is 0 Å². The number of halogens is 1. The van der Waals surface area contributed by atoms with E-state index in [0.717, 1.165) is 12.2 Å². The SMILES string of the molecule is CCCCc1ccc(Oc2ccc(F)cc2[C@@H](C)N)cc1. The number of nitrogens with two attached hydrogens (primary N) is 1. The minimum absolute atomic E-state index is 0.278. The number of ether oxygens (including phenoxy) is 1. The Hall–Kier alpha value is -1.87. The molecule has 0 amide bonds. The van der Waals surface area contributed by atoms with Crippen molar-refractivity contribution in [1.29, 1.82) is 0 Å². The van der Waals surface area contributed by atoms with Gasteiger partial charge in [0.1, 0.15) is 17.3 Å². The molecule has 0 fully saturated rings. The Morgan fingerprint density at radius 2 is 1.86 bits per heavy atom. The fourth-order valence-corrected chi connectivity index (χ4v) is 2.20. The third kappa shape index (κ3) is 4.30. The first kappa shape index (κ1) is 15.5. The van der Waals surface area contributed by atoms with Crippen molar-refractivity contribution in [2.75, 3.05) is 0 Å². The van der Waals surface area contributed by atoms with Crippen molar-refractivity contribution in [3.8, 4) is 11.5 Å². The average molecular weight is 287 g/mol. The summed E-state index contributed by atoms with van der Waals surface area (Å²) in [5, 5.41) is 0. The topological polar surface area (TPSA) is 35.2 Å². The van der Waals surface area contributed by atoms with Crippen molar-refractivity contribution in [3.63, 3.8) is 0 Å². The lowest BCUT2D eigenvalue weighted by Gasteiger charge is -2.14. The third-order valence-electron chi connectivity index (χ3n) is 3.43. The molecule has 0 radical (unpaired) electrons. The maximum atomic E-state index is 13.3. The fraction of sp³-hybridized carbons (Fsp3) is 0.333. The molecule has 0 saturated heterocycles. The van der Waals surface area contributed by atoms with E-state index in [0.29, 0.717) is 11.3 Å². The highest BCUT2D eigenvalue weighted by atomic mass is 19.1. The zero-order valence-corrected chi connectivity index (χ0v) is 12.6. The summed E-state index contributed by atoms with van der Waals surface area (Å²) in [6.07, 6.45) is 3.46. The van der Waals surface area contributed by atoms with Crippen LogP contribution in [0.1, 0.15) is 43.9 Å². The standard InChI is InChI=1S/C18H22FNO/c1-3-4-5-14-6-9-16(10-7-14)21-18-11-8-15(19)12-17(18)13(2)20/h6-13H,3-5,20H2,1-2H3/t13-/m1/s1. The van der Waals surface area contributed by atoms with E-state index in [1.165, 1.54) is 30.5 Å². The predicted octanol–water partition coefficient (Wildman–Crippen LogP) is 4.98. The Morgan fingerprint density at radius 1 is 1.14 bits per heavy atom. The molecule has 0 aliphatic heterocycles. The number of hydrogen-bond donors (Lipinski definition) is 1. The van der Waals surface area contributed by atoms with Gasteiger partial charge >= 0.3 is 0 Å². The minimum atomic E-state index is -0.301. The number of rotatable bonds is 6. The molecular formula is C18H22FNO. The molecule has 1 atom stereocenters. The van der Waals surface area contributed by atoms with Crippen molar-refractivity contribution in [1.82, 2.24) is 0 Å². The van der Waals surface area contributed by atoms with Crippen molar-refractivity contribution < 1.29 is 9.13 Å². The molecule has 2 nitrogen and oxygen atoms in total. The first-order valence-electron chi connectivity index (χ1n) is 7.42. The van der Waals surface area contributed by atoms with Gasteiger partial charge in [0, 0.05) is 11.6 Å². The summed E-state index contributed by atoms with van der Waals surface area (Å²) in [4.78, 5) is 0. The molecular weight excluding hydrogens is 265 g/mol. The maximum Gasteiger partial charge on any atom is 0.132 e. The van der Waals surface area contributed by atoms with Crippen LogP contribution in [0.25, 0.3) is 0 Å². The second kappa shape index (κ2) is 7.23. The molecule has 0 unspecified atom stereocenters. The second-order valence-electron chi connectivity index (χ2n) is 5.32. The van der Waals surface area contributed by atoms with Gasteiger partial charge in [-0.05, 0) is 55.7 Å². The summed E-state index contributed by atoms with van der Waals surface area (Å²) in [6.45, 7) is 4.00. The minimum Gasteiger partial charge on any atom is -0.457 e. The number of benzene rings is 2. The van der Waals surface area contributed by atoms with E-state index in [2.05, 4.69) is 19.1 Å². The van der Waals surface area contributed by atoms with Gasteiger partial charge in [0.05, 0.1) is 0 Å². The Labute approximate surface area is 125 Å². The van der Waals surface area contributed by atoms with Crippen LogP contribution >= 0.6 is 0 Å². The van der Waals surface area contributed by atoms with Crippen LogP contribution < -0.4 is 10.5 Å². The van der Waals surface area contributed by atoms with Crippen LogP contribution in [0.2, 0.25) is 0 Å². The van der Waals surface area contributed by atoms with Gasteiger partial charge in [0.15, 0.2) is 0 Å². The quantitative estimate of drug-likeness (QED) is 0.813. The second-order valence-corrected chi connectivity index (χ2v) is 5.32. The Bertz CT molecular complexity index is 578. The molecule has 0 heterocycles. The first-order valence-corrected chi connectivity index (χ1v) is 7.42. The van der Waals surface area contributed by atoms with Gasteiger partial charge in [0.25, 0.3) is 0 Å². The van der Waals surface area contributed by atoms with Crippen molar-refractivity contribution in [2.45, 2.75) is 39.2 Å². The van der Waals surface area contributed by atoms with Gasteiger partial charge in [0.2, 0.25) is 0 Å². The lowest BCUT2D eigenvalue weighted by Crippen LogP contribution is -2.07. The van der Waals surface area contributed by atoms with Gasteiger partial charge in [-0.1, -0.05) is 25.5 Å². The van der Waals surface area contributed by atoms with Crippen molar-refractivity contribution in [2.24, 2.45) is 5.73 Å². The third-order valence-corrected chi connectivity index (χ3v) is 3.43. The molecule has 2 rings (SSSR count). The van der Waals surface area contributed by atoms with Crippen LogP contribution in [0.5, 0.6) is 11.5 Å². The zero-order chi connectivity index (χ0) is 15.2. The summed E-state index contributed by atoms with van der Waals surface area (Å²) >= 11 is 0. The van der Waals surface area contributed by atoms with Crippen LogP contribution in [0.4, 0.5) is 4.39 Å². The Morgan fingerprint density at radius 3 is 2.48 bits per heavy atom. The smallest absolute Gasteiger partial charge is 0.132 e. The van der Waals surface area contributed by atoms with Crippen LogP contribution in [-0.2, 0) is 6.42 Å². The van der Waals surface area contributed by atoms with Crippen molar-refractivity contribution in [3.05, 3.63) is 59.4 Å². The molecule has 3 heteroatoms.